The van der Waals surface area contributed by atoms with Crippen LogP contribution >= 0.6 is 0 Å². The van der Waals surface area contributed by atoms with Crippen LogP contribution in [0.3, 0.4) is 0 Å². The normalized spacial score (nSPS) is 10.5. The molecule has 0 radical (unpaired) electrons. The molecule has 0 bridgehead atoms. The fourth-order valence-corrected chi connectivity index (χ4v) is 2.01. The first-order chi connectivity index (χ1) is 10.3. The van der Waals surface area contributed by atoms with E-state index in [0.29, 0.717) is 24.0 Å². The molecule has 0 aliphatic heterocycles. The zero-order chi connectivity index (χ0) is 14.7. The van der Waals surface area contributed by atoms with Crippen molar-refractivity contribution in [1.82, 2.24) is 10.1 Å². The van der Waals surface area contributed by atoms with Crippen molar-refractivity contribution in [3.05, 3.63) is 48.5 Å². The van der Waals surface area contributed by atoms with E-state index in [1.165, 1.54) is 0 Å². The van der Waals surface area contributed by atoms with Gasteiger partial charge in [-0.3, -0.25) is 0 Å². The lowest BCUT2D eigenvalue weighted by atomic mass is 10.1. The maximum absolute atomic E-state index is 5.92. The van der Waals surface area contributed by atoms with E-state index in [1.54, 1.807) is 0 Å². The molecule has 2 aromatic carbocycles. The van der Waals surface area contributed by atoms with Crippen LogP contribution in [0.15, 0.2) is 53.1 Å². The Balaban J connectivity index is 1.89. The van der Waals surface area contributed by atoms with Crippen LogP contribution in [-0.2, 0) is 0 Å². The van der Waals surface area contributed by atoms with Gasteiger partial charge in [-0.2, -0.15) is 4.98 Å². The standard InChI is InChI=1S/C16H15N3O2/c1-2-20-12-9-7-11(8-10-12)16-18-15(19-21-16)13-5-3-4-6-14(13)17/h3-10H,2,17H2,1H3. The number of aromatic nitrogens is 2. The molecule has 5 nitrogen and oxygen atoms in total. The van der Waals surface area contributed by atoms with E-state index in [4.69, 9.17) is 15.0 Å². The molecule has 5 heteroatoms. The van der Waals surface area contributed by atoms with Crippen LogP contribution in [0.4, 0.5) is 5.69 Å². The van der Waals surface area contributed by atoms with Gasteiger partial charge in [-0.25, -0.2) is 0 Å². The summed E-state index contributed by atoms with van der Waals surface area (Å²) in [5, 5.41) is 3.99. The molecule has 0 unspecified atom stereocenters. The molecule has 0 saturated carbocycles. The molecule has 0 spiro atoms. The molecule has 0 fully saturated rings. The number of para-hydroxylation sites is 1. The van der Waals surface area contributed by atoms with Crippen molar-refractivity contribution in [3.8, 4) is 28.6 Å². The predicted octanol–water partition coefficient (Wildman–Crippen LogP) is 3.38. The predicted molar refractivity (Wildman–Crippen MR) is 80.8 cm³/mol. The minimum Gasteiger partial charge on any atom is -0.494 e. The molecule has 21 heavy (non-hydrogen) atoms. The third kappa shape index (κ3) is 2.72. The largest absolute Gasteiger partial charge is 0.494 e. The fraction of sp³-hybridized carbons (Fsp3) is 0.125. The number of benzene rings is 2. The molecule has 0 amide bonds. The quantitative estimate of drug-likeness (QED) is 0.742. The summed E-state index contributed by atoms with van der Waals surface area (Å²) in [6.07, 6.45) is 0. The number of nitrogens with zero attached hydrogens (tertiary/aromatic N) is 2. The maximum Gasteiger partial charge on any atom is 0.258 e. The molecule has 0 atom stereocenters. The summed E-state index contributed by atoms with van der Waals surface area (Å²) in [5.41, 5.74) is 8.14. The number of nitrogen functional groups attached to an aromatic ring is 1. The van der Waals surface area contributed by atoms with Crippen molar-refractivity contribution in [2.75, 3.05) is 12.3 Å². The van der Waals surface area contributed by atoms with Gasteiger partial charge in [-0.1, -0.05) is 17.3 Å². The van der Waals surface area contributed by atoms with Gasteiger partial charge in [0.2, 0.25) is 5.82 Å². The Bertz CT molecular complexity index is 735. The van der Waals surface area contributed by atoms with Gasteiger partial charge in [-0.15, -0.1) is 0 Å². The summed E-state index contributed by atoms with van der Waals surface area (Å²) in [6.45, 7) is 2.58. The summed E-state index contributed by atoms with van der Waals surface area (Å²) >= 11 is 0. The number of rotatable bonds is 4. The highest BCUT2D eigenvalue weighted by molar-refractivity contribution is 5.72. The SMILES string of the molecule is CCOc1ccc(-c2nc(-c3ccccc3N)no2)cc1. The first-order valence-corrected chi connectivity index (χ1v) is 6.69. The van der Waals surface area contributed by atoms with Crippen molar-refractivity contribution in [2.45, 2.75) is 6.92 Å². The lowest BCUT2D eigenvalue weighted by Crippen LogP contribution is -1.91. The van der Waals surface area contributed by atoms with Crippen LogP contribution in [0.5, 0.6) is 5.75 Å². The third-order valence-electron chi connectivity index (χ3n) is 3.04. The average molecular weight is 281 g/mol. The Kier molecular flexibility index (Phi) is 3.55. The highest BCUT2D eigenvalue weighted by Crippen LogP contribution is 2.26. The lowest BCUT2D eigenvalue weighted by molar-refractivity contribution is 0.340. The van der Waals surface area contributed by atoms with Crippen molar-refractivity contribution in [1.29, 1.82) is 0 Å². The zero-order valence-electron chi connectivity index (χ0n) is 11.6. The molecule has 106 valence electrons. The van der Waals surface area contributed by atoms with Gasteiger partial charge < -0.3 is 15.0 Å². The molecule has 0 aliphatic carbocycles. The van der Waals surface area contributed by atoms with Crippen LogP contribution in [0, 0.1) is 0 Å². The van der Waals surface area contributed by atoms with Crippen molar-refractivity contribution in [2.24, 2.45) is 0 Å². The van der Waals surface area contributed by atoms with Crippen LogP contribution in [0.2, 0.25) is 0 Å². The first-order valence-electron chi connectivity index (χ1n) is 6.69. The average Bonchev–Trinajstić information content (AvgIpc) is 2.98. The summed E-state index contributed by atoms with van der Waals surface area (Å²) in [6, 6.07) is 14.9. The topological polar surface area (TPSA) is 74.2 Å². The summed E-state index contributed by atoms with van der Waals surface area (Å²) in [4.78, 5) is 4.39. The zero-order valence-corrected chi connectivity index (χ0v) is 11.6. The van der Waals surface area contributed by atoms with Gasteiger partial charge >= 0.3 is 0 Å². The smallest absolute Gasteiger partial charge is 0.258 e. The van der Waals surface area contributed by atoms with Gasteiger partial charge in [0.15, 0.2) is 0 Å². The molecule has 0 saturated heterocycles. The third-order valence-corrected chi connectivity index (χ3v) is 3.04. The van der Waals surface area contributed by atoms with E-state index >= 15 is 0 Å². The van der Waals surface area contributed by atoms with Crippen molar-refractivity contribution >= 4 is 5.69 Å². The second-order valence-corrected chi connectivity index (χ2v) is 4.47. The van der Waals surface area contributed by atoms with Gasteiger partial charge in [-0.05, 0) is 43.3 Å². The molecular weight excluding hydrogens is 266 g/mol. The van der Waals surface area contributed by atoms with Crippen LogP contribution < -0.4 is 10.5 Å². The van der Waals surface area contributed by atoms with E-state index in [9.17, 15) is 0 Å². The Morgan fingerprint density at radius 3 is 2.57 bits per heavy atom. The van der Waals surface area contributed by atoms with Crippen LogP contribution in [0.25, 0.3) is 22.8 Å². The molecule has 2 N–H and O–H groups in total. The van der Waals surface area contributed by atoms with E-state index in [-0.39, 0.29) is 0 Å². The van der Waals surface area contributed by atoms with E-state index in [0.717, 1.165) is 16.9 Å². The lowest BCUT2D eigenvalue weighted by Gasteiger charge is -2.02. The van der Waals surface area contributed by atoms with Crippen molar-refractivity contribution < 1.29 is 9.26 Å². The fourth-order valence-electron chi connectivity index (χ4n) is 2.01. The maximum atomic E-state index is 5.92. The van der Waals surface area contributed by atoms with E-state index in [1.807, 2.05) is 55.5 Å². The molecule has 0 aliphatic rings. The second-order valence-electron chi connectivity index (χ2n) is 4.47. The summed E-state index contributed by atoms with van der Waals surface area (Å²) in [7, 11) is 0. The summed E-state index contributed by atoms with van der Waals surface area (Å²) < 4.78 is 10.7. The minimum atomic E-state index is 0.455. The summed E-state index contributed by atoms with van der Waals surface area (Å²) in [5.74, 6) is 1.75. The number of ether oxygens (including phenoxy) is 1. The Morgan fingerprint density at radius 1 is 1.10 bits per heavy atom. The van der Waals surface area contributed by atoms with Crippen LogP contribution in [-0.4, -0.2) is 16.7 Å². The monoisotopic (exact) mass is 281 g/mol. The Hall–Kier alpha value is -2.82. The first kappa shape index (κ1) is 13.2. The highest BCUT2D eigenvalue weighted by atomic mass is 16.5. The Morgan fingerprint density at radius 2 is 1.86 bits per heavy atom. The molecule has 3 rings (SSSR count). The van der Waals surface area contributed by atoms with E-state index in [2.05, 4.69) is 10.1 Å². The molecule has 1 aromatic heterocycles. The van der Waals surface area contributed by atoms with Crippen molar-refractivity contribution in [3.63, 3.8) is 0 Å². The number of anilines is 1. The highest BCUT2D eigenvalue weighted by Gasteiger charge is 2.12. The number of hydrogen-bond acceptors (Lipinski definition) is 5. The minimum absolute atomic E-state index is 0.455. The van der Waals surface area contributed by atoms with Gasteiger partial charge in [0.05, 0.1) is 6.61 Å². The Labute approximate surface area is 122 Å². The van der Waals surface area contributed by atoms with Gasteiger partial charge in [0, 0.05) is 16.8 Å². The molecule has 1 heterocycles. The number of hydrogen-bond donors (Lipinski definition) is 1. The number of nitrogens with two attached hydrogens (primary N) is 1. The van der Waals surface area contributed by atoms with E-state index < -0.39 is 0 Å². The molecule has 3 aromatic rings. The van der Waals surface area contributed by atoms with Gasteiger partial charge in [0.25, 0.3) is 5.89 Å². The van der Waals surface area contributed by atoms with Gasteiger partial charge in [0.1, 0.15) is 5.75 Å². The van der Waals surface area contributed by atoms with Crippen LogP contribution in [0.1, 0.15) is 6.92 Å². The second kappa shape index (κ2) is 5.66. The molecular formula is C16H15N3O2.